The number of para-hydroxylation sites is 1. The van der Waals surface area contributed by atoms with E-state index in [4.69, 9.17) is 35.1 Å². The molecule has 1 saturated heterocycles. The largest absolute Gasteiger partial charge is 0.497 e. The Bertz CT molecular complexity index is 1740. The number of unbranched alkanes of at least 4 members (excludes halogenated alkanes) is 2. The van der Waals surface area contributed by atoms with Gasteiger partial charge in [-0.2, -0.15) is 0 Å². The summed E-state index contributed by atoms with van der Waals surface area (Å²) in [6.07, 6.45) is 5.48. The fraction of sp³-hybridized carbons (Fsp3) is 0.450. The van der Waals surface area contributed by atoms with Crippen LogP contribution in [-0.4, -0.2) is 55.1 Å². The van der Waals surface area contributed by atoms with Gasteiger partial charge in [-0.3, -0.25) is 14.2 Å². The monoisotopic (exact) mass is 701 g/mol. The van der Waals surface area contributed by atoms with E-state index in [9.17, 15) is 9.59 Å². The van der Waals surface area contributed by atoms with Gasteiger partial charge in [-0.1, -0.05) is 49.1 Å². The molecular weight excluding hydrogens is 653 g/mol. The number of halogens is 1. The van der Waals surface area contributed by atoms with E-state index in [0.29, 0.717) is 40.6 Å². The van der Waals surface area contributed by atoms with Crippen LogP contribution in [0.3, 0.4) is 0 Å². The third kappa shape index (κ3) is 8.92. The molecule has 0 spiro atoms. The van der Waals surface area contributed by atoms with Crippen LogP contribution in [0.5, 0.6) is 11.5 Å². The Morgan fingerprint density at radius 2 is 1.52 bits per heavy atom. The van der Waals surface area contributed by atoms with Crippen LogP contribution in [0.25, 0.3) is 10.9 Å². The molecule has 1 fully saturated rings. The van der Waals surface area contributed by atoms with Crippen molar-refractivity contribution in [1.29, 1.82) is 0 Å². The van der Waals surface area contributed by atoms with Gasteiger partial charge in [0.1, 0.15) is 11.5 Å². The average Bonchev–Trinajstić information content (AvgIpc) is 3.49. The molecule has 1 aliphatic heterocycles. The SMILES string of the molecule is COc1ccc2c(c1)c(CC(=O)OCCC[C@H](CCCCCOc1ccccc1)B1OC(C)(C)C(C)(C)O1)c(C)n2C(=O)c1ccc(Cl)cc1. The van der Waals surface area contributed by atoms with Gasteiger partial charge in [0, 0.05) is 21.7 Å². The number of carbonyl (C=O) groups is 2. The van der Waals surface area contributed by atoms with Crippen molar-refractivity contribution in [3.05, 3.63) is 94.6 Å². The molecule has 0 saturated carbocycles. The van der Waals surface area contributed by atoms with Crippen molar-refractivity contribution in [2.75, 3.05) is 20.3 Å². The van der Waals surface area contributed by atoms with Crippen LogP contribution < -0.4 is 9.47 Å². The minimum Gasteiger partial charge on any atom is -0.497 e. The van der Waals surface area contributed by atoms with Gasteiger partial charge in [-0.15, -0.1) is 0 Å². The molecule has 0 unspecified atom stereocenters. The molecular formula is C40H49BClNO7. The lowest BCUT2D eigenvalue weighted by Crippen LogP contribution is -2.41. The van der Waals surface area contributed by atoms with Crippen LogP contribution >= 0.6 is 11.6 Å². The normalized spacial score (nSPS) is 15.6. The Morgan fingerprint density at radius 3 is 2.20 bits per heavy atom. The van der Waals surface area contributed by atoms with E-state index in [1.807, 2.05) is 55.5 Å². The van der Waals surface area contributed by atoms with Gasteiger partial charge in [-0.05, 0) is 120 Å². The minimum atomic E-state index is -0.416. The Balaban J connectivity index is 1.19. The highest BCUT2D eigenvalue weighted by Gasteiger charge is 2.53. The second-order valence-corrected chi connectivity index (χ2v) is 14.5. The van der Waals surface area contributed by atoms with Crippen LogP contribution in [0.2, 0.25) is 10.8 Å². The second kappa shape index (κ2) is 16.5. The zero-order valence-corrected chi connectivity index (χ0v) is 30.9. The maximum absolute atomic E-state index is 13.6. The average molecular weight is 702 g/mol. The van der Waals surface area contributed by atoms with E-state index < -0.39 is 11.2 Å². The van der Waals surface area contributed by atoms with Gasteiger partial charge >= 0.3 is 13.1 Å². The summed E-state index contributed by atoms with van der Waals surface area (Å²) >= 11 is 6.07. The van der Waals surface area contributed by atoms with Crippen molar-refractivity contribution in [2.45, 2.75) is 96.6 Å². The second-order valence-electron chi connectivity index (χ2n) is 14.0. The van der Waals surface area contributed by atoms with E-state index in [2.05, 4.69) is 27.7 Å². The van der Waals surface area contributed by atoms with Crippen molar-refractivity contribution in [1.82, 2.24) is 4.57 Å². The number of aromatic nitrogens is 1. The number of rotatable bonds is 16. The number of carbonyl (C=O) groups excluding carboxylic acids is 2. The number of esters is 1. The molecule has 3 aromatic carbocycles. The predicted molar refractivity (Wildman–Crippen MR) is 199 cm³/mol. The van der Waals surface area contributed by atoms with Crippen molar-refractivity contribution in [2.24, 2.45) is 0 Å². The lowest BCUT2D eigenvalue weighted by atomic mass is 9.67. The maximum Gasteiger partial charge on any atom is 0.461 e. The molecule has 1 aromatic heterocycles. The van der Waals surface area contributed by atoms with Gasteiger partial charge < -0.3 is 23.5 Å². The number of methoxy groups -OCH3 is 1. The Labute approximate surface area is 301 Å². The van der Waals surface area contributed by atoms with Crippen LogP contribution in [0, 0.1) is 6.92 Å². The smallest absolute Gasteiger partial charge is 0.461 e. The van der Waals surface area contributed by atoms with Crippen molar-refractivity contribution >= 4 is 41.5 Å². The van der Waals surface area contributed by atoms with Gasteiger partial charge in [-0.25, -0.2) is 0 Å². The summed E-state index contributed by atoms with van der Waals surface area (Å²) in [5.74, 6) is 1.15. The minimum absolute atomic E-state index is 0.0299. The van der Waals surface area contributed by atoms with Crippen molar-refractivity contribution in [3.63, 3.8) is 0 Å². The van der Waals surface area contributed by atoms with Crippen molar-refractivity contribution in [3.8, 4) is 11.5 Å². The number of nitrogens with zero attached hydrogens (tertiary/aromatic N) is 1. The highest BCUT2D eigenvalue weighted by Crippen LogP contribution is 2.42. The van der Waals surface area contributed by atoms with Crippen LogP contribution in [0.4, 0.5) is 0 Å². The van der Waals surface area contributed by atoms with Gasteiger partial charge in [0.2, 0.25) is 0 Å². The standard InChI is InChI=1S/C40H49BClNO7/c1-28-34(35-26-33(46-6)22-23-36(35)43(28)38(45)29-18-20-31(42)21-19-29)27-37(44)48-25-13-15-30(41-49-39(2,3)40(4,5)50-41)14-9-8-12-24-47-32-16-10-7-11-17-32/h7,10-11,16-23,26,30H,8-9,12-15,24-25,27H2,1-6H3/t30-/m0/s1. The van der Waals surface area contributed by atoms with Crippen molar-refractivity contribution < 1.29 is 33.1 Å². The molecule has 1 aliphatic rings. The summed E-state index contributed by atoms with van der Waals surface area (Å²) in [6, 6.07) is 22.2. The third-order valence-corrected chi connectivity index (χ3v) is 10.3. The molecule has 8 nitrogen and oxygen atoms in total. The van der Waals surface area contributed by atoms with Gasteiger partial charge in [0.25, 0.3) is 5.91 Å². The Morgan fingerprint density at radius 1 is 0.840 bits per heavy atom. The zero-order chi connectivity index (χ0) is 35.9. The summed E-state index contributed by atoms with van der Waals surface area (Å²) < 4.78 is 31.7. The Hall–Kier alpha value is -3.79. The summed E-state index contributed by atoms with van der Waals surface area (Å²) in [7, 11) is 1.27. The quantitative estimate of drug-likeness (QED) is 0.0654. The molecule has 0 aliphatic carbocycles. The maximum atomic E-state index is 13.6. The zero-order valence-electron chi connectivity index (χ0n) is 30.1. The van der Waals surface area contributed by atoms with E-state index in [-0.39, 0.29) is 37.8 Å². The molecule has 0 amide bonds. The molecule has 266 valence electrons. The first kappa shape index (κ1) is 37.5. The number of hydrogen-bond acceptors (Lipinski definition) is 7. The first-order chi connectivity index (χ1) is 23.9. The molecule has 50 heavy (non-hydrogen) atoms. The molecule has 1 atom stereocenters. The van der Waals surface area contributed by atoms with Crippen LogP contribution in [0.1, 0.15) is 87.8 Å². The lowest BCUT2D eigenvalue weighted by Gasteiger charge is -2.32. The molecule has 0 bridgehead atoms. The summed E-state index contributed by atoms with van der Waals surface area (Å²) in [4.78, 5) is 26.9. The van der Waals surface area contributed by atoms with Gasteiger partial charge in [0.15, 0.2) is 0 Å². The molecule has 5 rings (SSSR count). The number of hydrogen-bond donors (Lipinski definition) is 0. The predicted octanol–water partition coefficient (Wildman–Crippen LogP) is 9.27. The van der Waals surface area contributed by atoms with E-state index in [0.717, 1.165) is 48.8 Å². The first-order valence-corrected chi connectivity index (χ1v) is 18.0. The Kier molecular flexibility index (Phi) is 12.4. The number of benzene rings is 3. The molecule has 10 heteroatoms. The number of fused-ring (bicyclic) bond motifs is 1. The number of ether oxygens (including phenoxy) is 3. The summed E-state index contributed by atoms with van der Waals surface area (Å²) in [5.41, 5.74) is 1.78. The van der Waals surface area contributed by atoms with Gasteiger partial charge in [0.05, 0.1) is 43.5 Å². The third-order valence-electron chi connectivity index (χ3n) is 10.0. The van der Waals surface area contributed by atoms with E-state index >= 15 is 0 Å². The molecule has 0 radical (unpaired) electrons. The highest BCUT2D eigenvalue weighted by molar-refractivity contribution is 6.47. The lowest BCUT2D eigenvalue weighted by molar-refractivity contribution is -0.142. The fourth-order valence-corrected chi connectivity index (χ4v) is 6.54. The van der Waals surface area contributed by atoms with E-state index in [1.54, 1.807) is 35.9 Å². The molecule has 0 N–H and O–H groups in total. The summed E-state index contributed by atoms with van der Waals surface area (Å²) in [5, 5.41) is 1.33. The summed E-state index contributed by atoms with van der Waals surface area (Å²) in [6.45, 7) is 11.1. The highest BCUT2D eigenvalue weighted by atomic mass is 35.5. The molecule has 4 aromatic rings. The topological polar surface area (TPSA) is 85.2 Å². The van der Waals surface area contributed by atoms with Crippen LogP contribution in [-0.2, 0) is 25.3 Å². The fourth-order valence-electron chi connectivity index (χ4n) is 6.41. The first-order valence-electron chi connectivity index (χ1n) is 17.6. The van der Waals surface area contributed by atoms with Crippen LogP contribution in [0.15, 0.2) is 72.8 Å². The molecule has 2 heterocycles. The van der Waals surface area contributed by atoms with E-state index in [1.165, 1.54) is 0 Å².